The molecule has 4 aliphatic rings. The van der Waals surface area contributed by atoms with Crippen LogP contribution in [0, 0.1) is 11.8 Å². The molecule has 7 rings (SSSR count). The minimum Gasteiger partial charge on any atom is -0.483 e. The number of nitrogens with zero attached hydrogens (tertiary/aromatic N) is 2. The lowest BCUT2D eigenvalue weighted by Crippen LogP contribution is -2.69. The van der Waals surface area contributed by atoms with E-state index in [4.69, 9.17) is 9.47 Å². The summed E-state index contributed by atoms with van der Waals surface area (Å²) in [6.07, 6.45) is 8.07. The maximum atomic E-state index is 14.0. The van der Waals surface area contributed by atoms with Crippen LogP contribution in [0.1, 0.15) is 55.4 Å². The van der Waals surface area contributed by atoms with Crippen molar-refractivity contribution >= 4 is 18.0 Å². The highest BCUT2D eigenvalue weighted by molar-refractivity contribution is 5.92. The van der Waals surface area contributed by atoms with Crippen molar-refractivity contribution in [2.45, 2.75) is 69.6 Å². The number of hydrogen-bond donors (Lipinski definition) is 1. The standard InChI is InChI=1S/C39H44N2O5/c1-26(2)24-41(34(43)18-13-27-9-5-3-6-10-27)31-16-15-30-32-23-29-14-17-33(45-35(44)25-42)37-36(29)39(30,38(31)46-37)20-22-40(32)21-19-28-11-7-4-8-12-28/h3-14,17-18,26,30-32,38,42H,15-16,19-25H2,1-2H3/b18-13+/t30-,31?,32+,38?,39-/m0/s1. The molecule has 46 heavy (non-hydrogen) atoms. The van der Waals surface area contributed by atoms with Gasteiger partial charge in [0, 0.05) is 36.2 Å². The maximum Gasteiger partial charge on any atom is 0.337 e. The molecule has 1 saturated carbocycles. The summed E-state index contributed by atoms with van der Waals surface area (Å²) in [5.41, 5.74) is 4.49. The van der Waals surface area contributed by atoms with Crippen LogP contribution in [0.25, 0.3) is 6.08 Å². The van der Waals surface area contributed by atoms with Gasteiger partial charge in [0.25, 0.3) is 0 Å². The monoisotopic (exact) mass is 620 g/mol. The maximum absolute atomic E-state index is 14.0. The first-order valence-corrected chi connectivity index (χ1v) is 16.8. The fourth-order valence-corrected chi connectivity index (χ4v) is 8.95. The zero-order valence-corrected chi connectivity index (χ0v) is 26.8. The number of carbonyl (C=O) groups is 2. The van der Waals surface area contributed by atoms with Gasteiger partial charge >= 0.3 is 5.97 Å². The van der Waals surface area contributed by atoms with Crippen LogP contribution >= 0.6 is 0 Å². The molecule has 1 spiro atoms. The highest BCUT2D eigenvalue weighted by Gasteiger charge is 2.66. The number of carbonyl (C=O) groups excluding carboxylic acids is 2. The summed E-state index contributed by atoms with van der Waals surface area (Å²) in [5, 5.41) is 9.48. The van der Waals surface area contributed by atoms with Crippen molar-refractivity contribution in [1.82, 2.24) is 9.80 Å². The summed E-state index contributed by atoms with van der Waals surface area (Å²) in [4.78, 5) is 31.1. The van der Waals surface area contributed by atoms with Crippen molar-refractivity contribution < 1.29 is 24.2 Å². The molecule has 2 fully saturated rings. The summed E-state index contributed by atoms with van der Waals surface area (Å²) in [6.45, 7) is 6.20. The molecule has 3 aromatic carbocycles. The van der Waals surface area contributed by atoms with Gasteiger partial charge in [-0.25, -0.2) is 4.79 Å². The van der Waals surface area contributed by atoms with Crippen molar-refractivity contribution in [1.29, 1.82) is 0 Å². The molecule has 5 atom stereocenters. The van der Waals surface area contributed by atoms with Gasteiger partial charge in [0.1, 0.15) is 12.7 Å². The lowest BCUT2D eigenvalue weighted by Gasteiger charge is -2.60. The van der Waals surface area contributed by atoms with Gasteiger partial charge in [0.2, 0.25) is 5.91 Å². The fraction of sp³-hybridized carbons (Fsp3) is 0.436. The van der Waals surface area contributed by atoms with E-state index in [0.717, 1.165) is 50.8 Å². The van der Waals surface area contributed by atoms with Crippen LogP contribution in [0.5, 0.6) is 11.5 Å². The zero-order valence-electron chi connectivity index (χ0n) is 26.8. The lowest BCUT2D eigenvalue weighted by molar-refractivity contribution is -0.138. The van der Waals surface area contributed by atoms with E-state index < -0.39 is 12.6 Å². The Morgan fingerprint density at radius 3 is 2.57 bits per heavy atom. The number of likely N-dealkylation sites (tertiary alicyclic amines) is 1. The summed E-state index contributed by atoms with van der Waals surface area (Å²) in [6, 6.07) is 24.8. The molecule has 3 aromatic rings. The van der Waals surface area contributed by atoms with Crippen LogP contribution < -0.4 is 9.47 Å². The first-order valence-electron chi connectivity index (χ1n) is 16.8. The van der Waals surface area contributed by atoms with Crippen molar-refractivity contribution in [3.05, 3.63) is 101 Å². The third kappa shape index (κ3) is 5.43. The Morgan fingerprint density at radius 2 is 1.83 bits per heavy atom. The summed E-state index contributed by atoms with van der Waals surface area (Å²) < 4.78 is 12.7. The first-order chi connectivity index (χ1) is 22.4. The number of rotatable bonds is 10. The Hall–Kier alpha value is -3.94. The molecular formula is C39H44N2O5. The van der Waals surface area contributed by atoms with Crippen LogP contribution in [-0.2, 0) is 27.8 Å². The topological polar surface area (TPSA) is 79.3 Å². The highest BCUT2D eigenvalue weighted by Crippen LogP contribution is 2.64. The summed E-state index contributed by atoms with van der Waals surface area (Å²) >= 11 is 0. The molecule has 7 nitrogen and oxygen atoms in total. The molecule has 2 aliphatic heterocycles. The largest absolute Gasteiger partial charge is 0.483 e. The number of ether oxygens (including phenoxy) is 2. The minimum atomic E-state index is -0.702. The number of hydrogen-bond acceptors (Lipinski definition) is 6. The quantitative estimate of drug-likeness (QED) is 0.185. The zero-order chi connectivity index (χ0) is 31.8. The molecule has 7 heteroatoms. The molecule has 1 saturated heterocycles. The molecule has 0 aromatic heterocycles. The van der Waals surface area contributed by atoms with Gasteiger partial charge < -0.3 is 19.5 Å². The Balaban J connectivity index is 1.25. The van der Waals surface area contributed by atoms with Gasteiger partial charge in [-0.05, 0) is 79.3 Å². The van der Waals surface area contributed by atoms with Crippen molar-refractivity contribution in [2.24, 2.45) is 11.8 Å². The van der Waals surface area contributed by atoms with Gasteiger partial charge in [-0.1, -0.05) is 80.6 Å². The average Bonchev–Trinajstić information content (AvgIpc) is 3.42. The highest BCUT2D eigenvalue weighted by atomic mass is 16.6. The molecule has 1 amide bonds. The van der Waals surface area contributed by atoms with Gasteiger partial charge in [-0.2, -0.15) is 0 Å². The second kappa shape index (κ2) is 12.7. The van der Waals surface area contributed by atoms with Gasteiger partial charge in [0.15, 0.2) is 11.5 Å². The number of benzene rings is 3. The van der Waals surface area contributed by atoms with E-state index >= 15 is 0 Å². The molecule has 2 aliphatic carbocycles. The minimum absolute atomic E-state index is 0.00299. The van der Waals surface area contributed by atoms with E-state index in [1.54, 1.807) is 6.08 Å². The number of piperidine rings is 1. The van der Waals surface area contributed by atoms with E-state index in [2.05, 4.69) is 60.0 Å². The molecule has 240 valence electrons. The third-order valence-electron chi connectivity index (χ3n) is 10.7. The number of aliphatic hydroxyl groups is 1. The average molecular weight is 621 g/mol. The molecule has 2 bridgehead atoms. The van der Waals surface area contributed by atoms with Crippen LogP contribution in [0.15, 0.2) is 78.9 Å². The number of aliphatic hydroxyl groups excluding tert-OH is 1. The van der Waals surface area contributed by atoms with E-state index in [9.17, 15) is 14.7 Å². The van der Waals surface area contributed by atoms with Crippen LogP contribution in [0.3, 0.4) is 0 Å². The van der Waals surface area contributed by atoms with Crippen LogP contribution in [-0.4, -0.2) is 71.2 Å². The second-order valence-electron chi connectivity index (χ2n) is 13.8. The molecule has 2 heterocycles. The van der Waals surface area contributed by atoms with Gasteiger partial charge in [-0.3, -0.25) is 9.69 Å². The summed E-state index contributed by atoms with van der Waals surface area (Å²) in [5.74, 6) is 0.948. The molecule has 2 unspecified atom stereocenters. The van der Waals surface area contributed by atoms with E-state index in [-0.39, 0.29) is 29.4 Å². The van der Waals surface area contributed by atoms with Crippen LogP contribution in [0.4, 0.5) is 0 Å². The van der Waals surface area contributed by atoms with Crippen LogP contribution in [0.2, 0.25) is 0 Å². The first kappa shape index (κ1) is 30.7. The Bertz CT molecular complexity index is 1610. The number of esters is 1. The lowest BCUT2D eigenvalue weighted by atomic mass is 9.51. The fourth-order valence-electron chi connectivity index (χ4n) is 8.95. The van der Waals surface area contributed by atoms with E-state index in [1.165, 1.54) is 16.7 Å². The van der Waals surface area contributed by atoms with E-state index in [1.807, 2.05) is 42.5 Å². The Morgan fingerprint density at radius 1 is 1.07 bits per heavy atom. The van der Waals surface area contributed by atoms with E-state index in [0.29, 0.717) is 30.0 Å². The smallest absolute Gasteiger partial charge is 0.337 e. The summed E-state index contributed by atoms with van der Waals surface area (Å²) in [7, 11) is 0. The van der Waals surface area contributed by atoms with Gasteiger partial charge in [-0.15, -0.1) is 0 Å². The SMILES string of the molecule is CC(C)CN(C(=O)/C=C/c1ccccc1)C1CC[C@H]2[C@H]3Cc4ccc(OC(=O)CO)c5c4[C@@]2(CCN3CCc2ccccc2)C1O5. The number of amides is 1. The molecule has 1 N–H and O–H groups in total. The van der Waals surface area contributed by atoms with Gasteiger partial charge in [0.05, 0.1) is 6.04 Å². The van der Waals surface area contributed by atoms with Crippen molar-refractivity contribution in [3.8, 4) is 11.5 Å². The molecular weight excluding hydrogens is 576 g/mol. The second-order valence-corrected chi connectivity index (χ2v) is 13.8. The Kier molecular flexibility index (Phi) is 8.47. The predicted octanol–water partition coefficient (Wildman–Crippen LogP) is 5.43. The van der Waals surface area contributed by atoms with Crippen molar-refractivity contribution in [2.75, 3.05) is 26.2 Å². The van der Waals surface area contributed by atoms with Crippen molar-refractivity contribution in [3.63, 3.8) is 0 Å². The normalized spacial score (nSPS) is 26.1. The third-order valence-corrected chi connectivity index (χ3v) is 10.7. The Labute approximate surface area is 271 Å². The predicted molar refractivity (Wildman–Crippen MR) is 178 cm³/mol. The molecule has 0 radical (unpaired) electrons.